The zero-order chi connectivity index (χ0) is 21.9. The molecule has 9 nitrogen and oxygen atoms in total. The van der Waals surface area contributed by atoms with Crippen LogP contribution in [0, 0.1) is 0 Å². The molecule has 1 amide bonds. The summed E-state index contributed by atoms with van der Waals surface area (Å²) < 4.78 is 31.9. The SMILES string of the molecule is O=C(c1nnc(C2CC(F)(F)C2)o1)N1CCc2[nH]cnc2[C@H]1c1ncc2ccccc2n1. The van der Waals surface area contributed by atoms with Gasteiger partial charge < -0.3 is 14.3 Å². The number of benzene rings is 1. The molecule has 3 aromatic heterocycles. The molecule has 1 atom stereocenters. The quantitative estimate of drug-likeness (QED) is 0.524. The van der Waals surface area contributed by atoms with Crippen LogP contribution < -0.4 is 0 Å². The molecular weight excluding hydrogens is 420 g/mol. The van der Waals surface area contributed by atoms with Crippen molar-refractivity contribution in [1.82, 2.24) is 35.0 Å². The van der Waals surface area contributed by atoms with Crippen molar-refractivity contribution in [2.24, 2.45) is 0 Å². The molecule has 0 unspecified atom stereocenters. The molecule has 0 spiro atoms. The molecule has 1 fully saturated rings. The Balaban J connectivity index is 1.36. The number of hydrogen-bond donors (Lipinski definition) is 1. The Morgan fingerprint density at radius 1 is 1.19 bits per heavy atom. The number of alkyl halides is 2. The smallest absolute Gasteiger partial charge is 0.312 e. The van der Waals surface area contributed by atoms with Gasteiger partial charge in [0.15, 0.2) is 5.82 Å². The maximum Gasteiger partial charge on any atom is 0.312 e. The van der Waals surface area contributed by atoms with Gasteiger partial charge in [0.05, 0.1) is 17.5 Å². The van der Waals surface area contributed by atoms with Gasteiger partial charge in [-0.1, -0.05) is 18.2 Å². The summed E-state index contributed by atoms with van der Waals surface area (Å²) in [6, 6.07) is 6.92. The summed E-state index contributed by atoms with van der Waals surface area (Å²) >= 11 is 0. The van der Waals surface area contributed by atoms with Gasteiger partial charge in [0.1, 0.15) is 6.04 Å². The van der Waals surface area contributed by atoms with Crippen molar-refractivity contribution in [2.45, 2.75) is 37.1 Å². The summed E-state index contributed by atoms with van der Waals surface area (Å²) in [7, 11) is 0. The predicted molar refractivity (Wildman–Crippen MR) is 106 cm³/mol. The fraction of sp³-hybridized carbons (Fsp3) is 0.333. The van der Waals surface area contributed by atoms with E-state index in [0.717, 1.165) is 16.6 Å². The monoisotopic (exact) mass is 437 g/mol. The molecule has 1 aliphatic heterocycles. The summed E-state index contributed by atoms with van der Waals surface area (Å²) in [5.74, 6) is -3.51. The van der Waals surface area contributed by atoms with Crippen LogP contribution in [0.5, 0.6) is 0 Å². The van der Waals surface area contributed by atoms with E-state index in [4.69, 9.17) is 4.42 Å². The largest absolute Gasteiger partial charge is 0.417 e. The lowest BCUT2D eigenvalue weighted by Crippen LogP contribution is -2.41. The molecule has 4 aromatic rings. The molecule has 0 bridgehead atoms. The van der Waals surface area contributed by atoms with Crippen molar-refractivity contribution in [3.63, 3.8) is 0 Å². The van der Waals surface area contributed by atoms with E-state index in [0.29, 0.717) is 24.5 Å². The number of rotatable bonds is 3. The Labute approximate surface area is 179 Å². The van der Waals surface area contributed by atoms with Gasteiger partial charge in [-0.25, -0.2) is 23.7 Å². The molecule has 6 rings (SSSR count). The van der Waals surface area contributed by atoms with Crippen molar-refractivity contribution in [1.29, 1.82) is 0 Å². The minimum Gasteiger partial charge on any atom is -0.417 e. The summed E-state index contributed by atoms with van der Waals surface area (Å²) in [5, 5.41) is 8.56. The van der Waals surface area contributed by atoms with E-state index in [-0.39, 0.29) is 24.6 Å². The molecule has 2 aliphatic rings. The van der Waals surface area contributed by atoms with Crippen molar-refractivity contribution in [3.05, 3.63) is 65.8 Å². The number of imidazole rings is 1. The lowest BCUT2D eigenvalue weighted by atomic mass is 9.81. The first-order chi connectivity index (χ1) is 15.5. The summed E-state index contributed by atoms with van der Waals surface area (Å²) in [5.41, 5.74) is 2.30. The number of aromatic nitrogens is 6. The third-order valence-electron chi connectivity index (χ3n) is 6.00. The topological polar surface area (TPSA) is 114 Å². The molecule has 0 radical (unpaired) electrons. The third kappa shape index (κ3) is 3.03. The second-order valence-electron chi connectivity index (χ2n) is 8.11. The highest BCUT2D eigenvalue weighted by atomic mass is 19.3. The minimum atomic E-state index is -2.72. The Kier molecular flexibility index (Phi) is 4.07. The number of fused-ring (bicyclic) bond motifs is 2. The van der Waals surface area contributed by atoms with E-state index in [2.05, 4.69) is 30.1 Å². The van der Waals surface area contributed by atoms with Crippen molar-refractivity contribution in [3.8, 4) is 0 Å². The van der Waals surface area contributed by atoms with E-state index >= 15 is 0 Å². The van der Waals surface area contributed by atoms with Crippen LogP contribution >= 0.6 is 0 Å². The van der Waals surface area contributed by atoms with Crippen LogP contribution in [0.1, 0.15) is 58.6 Å². The summed E-state index contributed by atoms with van der Waals surface area (Å²) in [6.07, 6.45) is 3.14. The molecule has 4 heterocycles. The first-order valence-corrected chi connectivity index (χ1v) is 10.2. The van der Waals surface area contributed by atoms with Crippen molar-refractivity contribution in [2.75, 3.05) is 6.54 Å². The van der Waals surface area contributed by atoms with E-state index in [1.165, 1.54) is 0 Å². The number of halogens is 2. The van der Waals surface area contributed by atoms with Gasteiger partial charge in [0, 0.05) is 49.0 Å². The molecule has 0 saturated heterocycles. The van der Waals surface area contributed by atoms with Crippen LogP contribution in [-0.2, 0) is 6.42 Å². The zero-order valence-corrected chi connectivity index (χ0v) is 16.7. The molecule has 32 heavy (non-hydrogen) atoms. The number of amides is 1. The first-order valence-electron chi connectivity index (χ1n) is 10.2. The van der Waals surface area contributed by atoms with E-state index in [1.807, 2.05) is 24.3 Å². The second kappa shape index (κ2) is 6.87. The summed E-state index contributed by atoms with van der Waals surface area (Å²) in [4.78, 5) is 31.6. The van der Waals surface area contributed by atoms with E-state index < -0.39 is 23.8 Å². The van der Waals surface area contributed by atoms with Crippen molar-refractivity contribution < 1.29 is 18.0 Å². The number of nitrogens with one attached hydrogen (secondary N) is 1. The fourth-order valence-electron chi connectivity index (χ4n) is 4.32. The number of hydrogen-bond acceptors (Lipinski definition) is 7. The maximum absolute atomic E-state index is 13.3. The highest BCUT2D eigenvalue weighted by Crippen LogP contribution is 2.47. The highest BCUT2D eigenvalue weighted by Gasteiger charge is 2.49. The third-order valence-corrected chi connectivity index (χ3v) is 6.00. The highest BCUT2D eigenvalue weighted by molar-refractivity contribution is 5.90. The molecule has 1 saturated carbocycles. The van der Waals surface area contributed by atoms with Crippen molar-refractivity contribution >= 4 is 16.8 Å². The molecule has 162 valence electrons. The number of nitrogens with zero attached hydrogens (tertiary/aromatic N) is 6. The number of carbonyl (C=O) groups is 1. The first kappa shape index (κ1) is 19.0. The summed E-state index contributed by atoms with van der Waals surface area (Å²) in [6.45, 7) is 0.355. The lowest BCUT2D eigenvalue weighted by Gasteiger charge is -2.33. The lowest BCUT2D eigenvalue weighted by molar-refractivity contribution is -0.0919. The van der Waals surface area contributed by atoms with Gasteiger partial charge in [-0.05, 0) is 6.07 Å². The Morgan fingerprint density at radius 3 is 2.88 bits per heavy atom. The van der Waals surface area contributed by atoms with Gasteiger partial charge in [-0.2, -0.15) is 0 Å². The second-order valence-corrected chi connectivity index (χ2v) is 8.11. The molecule has 1 aromatic carbocycles. The van der Waals surface area contributed by atoms with Gasteiger partial charge in [0.2, 0.25) is 11.8 Å². The van der Waals surface area contributed by atoms with Gasteiger partial charge >= 0.3 is 11.8 Å². The van der Waals surface area contributed by atoms with Crippen LogP contribution in [0.3, 0.4) is 0 Å². The predicted octanol–water partition coefficient (Wildman–Crippen LogP) is 3.04. The Bertz CT molecular complexity index is 1330. The number of H-pyrrole nitrogens is 1. The average Bonchev–Trinajstić information content (AvgIpc) is 3.45. The molecule has 1 aliphatic carbocycles. The molecular formula is C21H17F2N7O2. The van der Waals surface area contributed by atoms with Crippen LogP contribution in [0.2, 0.25) is 0 Å². The Morgan fingerprint density at radius 2 is 2.03 bits per heavy atom. The Hall–Kier alpha value is -3.76. The maximum atomic E-state index is 13.3. The normalized spacial score (nSPS) is 20.2. The zero-order valence-electron chi connectivity index (χ0n) is 16.7. The minimum absolute atomic E-state index is 0.0650. The number of carbonyl (C=O) groups excluding carboxylic acids is 1. The number of aromatic amines is 1. The van der Waals surface area contributed by atoms with Gasteiger partial charge in [-0.15, -0.1) is 10.2 Å². The average molecular weight is 437 g/mol. The van der Waals surface area contributed by atoms with Gasteiger partial charge in [-0.3, -0.25) is 4.79 Å². The van der Waals surface area contributed by atoms with Gasteiger partial charge in [0.25, 0.3) is 0 Å². The van der Waals surface area contributed by atoms with E-state index in [9.17, 15) is 13.6 Å². The standard InChI is InChI=1S/C21H17F2N7O2/c22-21(23)7-12(8-21)18-28-29-19(32-18)20(31)30-6-5-14-15(26-10-25-14)16(30)17-24-9-11-3-1-2-4-13(11)27-17/h1-4,9-10,12,16H,5-8H2,(H,25,26)/t16-/m0/s1. The van der Waals surface area contributed by atoms with E-state index in [1.54, 1.807) is 17.4 Å². The van der Waals surface area contributed by atoms with Crippen LogP contribution in [0.25, 0.3) is 10.9 Å². The van der Waals surface area contributed by atoms with Crippen LogP contribution in [0.4, 0.5) is 8.78 Å². The number of para-hydroxylation sites is 1. The van der Waals surface area contributed by atoms with Crippen LogP contribution in [0.15, 0.2) is 41.2 Å². The fourth-order valence-corrected chi connectivity index (χ4v) is 4.32. The van der Waals surface area contributed by atoms with Crippen LogP contribution in [-0.4, -0.2) is 53.4 Å². The molecule has 1 N–H and O–H groups in total. The molecule has 11 heteroatoms.